The summed E-state index contributed by atoms with van der Waals surface area (Å²) in [5.41, 5.74) is 0.350. The van der Waals surface area contributed by atoms with E-state index in [0.717, 1.165) is 0 Å². The predicted molar refractivity (Wildman–Crippen MR) is 35.6 cm³/mol. The zero-order valence-electron chi connectivity index (χ0n) is 6.96. The molecule has 2 N–H and O–H groups in total. The molecule has 0 radical (unpaired) electrons. The Hall–Kier alpha value is -0.650. The van der Waals surface area contributed by atoms with Crippen LogP contribution in [-0.4, -0.2) is 20.2 Å². The van der Waals surface area contributed by atoms with Gasteiger partial charge in [0.05, 0.1) is 12.5 Å². The molecule has 0 fully saturated rings. The van der Waals surface area contributed by atoms with Crippen molar-refractivity contribution >= 4 is 11.0 Å². The molecule has 2 heterocycles. The molecule has 0 aliphatic carbocycles. The molecule has 11 heavy (non-hydrogen) atoms. The molecule has 2 rings (SSSR count). The third-order valence-electron chi connectivity index (χ3n) is 1.25. The van der Waals surface area contributed by atoms with E-state index in [0.29, 0.717) is 11.0 Å². The van der Waals surface area contributed by atoms with Crippen molar-refractivity contribution in [2.75, 3.05) is 0 Å². The van der Waals surface area contributed by atoms with Crippen LogP contribution in [-0.2, 0) is 0 Å². The fourth-order valence-electron chi connectivity index (χ4n) is 0.777. The third kappa shape index (κ3) is 1.35. The van der Waals surface area contributed by atoms with Gasteiger partial charge in [0, 0.05) is 0 Å². The molecule has 0 unspecified atom stereocenters. The normalized spacial score (nSPS) is 9.45. The first kappa shape index (κ1) is 8.45. The minimum absolute atomic E-state index is 0. The SMILES string of the molecule is O=c1[nH]cnc2[nH]ncc12.[H-].[Na+]. The second-order valence-corrected chi connectivity index (χ2v) is 1.86. The zero-order valence-corrected chi connectivity index (χ0v) is 7.96. The molecule has 6 heteroatoms. The van der Waals surface area contributed by atoms with Crippen molar-refractivity contribution < 1.29 is 31.0 Å². The van der Waals surface area contributed by atoms with E-state index >= 15 is 0 Å². The molecule has 0 bridgehead atoms. The molecule has 0 atom stereocenters. The number of nitrogens with one attached hydrogen (secondary N) is 2. The van der Waals surface area contributed by atoms with Crippen LogP contribution in [0.2, 0.25) is 0 Å². The maximum Gasteiger partial charge on any atom is 1.00 e. The Morgan fingerprint density at radius 3 is 3.09 bits per heavy atom. The maximum atomic E-state index is 10.9. The molecule has 0 saturated carbocycles. The Bertz CT molecular complexity index is 411. The Labute approximate surface area is 85.0 Å². The Balaban J connectivity index is 0.000000605. The van der Waals surface area contributed by atoms with Crippen LogP contribution in [0.5, 0.6) is 0 Å². The van der Waals surface area contributed by atoms with Crippen molar-refractivity contribution in [2.24, 2.45) is 0 Å². The van der Waals surface area contributed by atoms with Crippen molar-refractivity contribution in [3.63, 3.8) is 0 Å². The van der Waals surface area contributed by atoms with Gasteiger partial charge in [-0.05, 0) is 0 Å². The molecular weight excluding hydrogens is 155 g/mol. The maximum absolute atomic E-state index is 10.9. The topological polar surface area (TPSA) is 74.4 Å². The van der Waals surface area contributed by atoms with Gasteiger partial charge >= 0.3 is 29.6 Å². The predicted octanol–water partition coefficient (Wildman–Crippen LogP) is -3.24. The minimum Gasteiger partial charge on any atom is -1.00 e. The Morgan fingerprint density at radius 2 is 2.36 bits per heavy atom. The summed E-state index contributed by atoms with van der Waals surface area (Å²) in [6, 6.07) is 0. The van der Waals surface area contributed by atoms with Gasteiger partial charge in [0.1, 0.15) is 5.39 Å². The number of H-pyrrole nitrogens is 2. The van der Waals surface area contributed by atoms with Crippen molar-refractivity contribution in [1.29, 1.82) is 0 Å². The number of hydrogen-bond donors (Lipinski definition) is 2. The summed E-state index contributed by atoms with van der Waals surface area (Å²) >= 11 is 0. The van der Waals surface area contributed by atoms with Gasteiger partial charge < -0.3 is 6.41 Å². The Morgan fingerprint density at radius 1 is 1.55 bits per heavy atom. The minimum atomic E-state index is -0.168. The van der Waals surface area contributed by atoms with Crippen LogP contribution in [0.15, 0.2) is 17.3 Å². The third-order valence-corrected chi connectivity index (χ3v) is 1.25. The van der Waals surface area contributed by atoms with Crippen LogP contribution in [0.3, 0.4) is 0 Å². The largest absolute Gasteiger partial charge is 1.00 e. The van der Waals surface area contributed by atoms with E-state index in [1.807, 2.05) is 0 Å². The first-order valence-electron chi connectivity index (χ1n) is 2.75. The summed E-state index contributed by atoms with van der Waals surface area (Å²) in [4.78, 5) is 17.1. The summed E-state index contributed by atoms with van der Waals surface area (Å²) < 4.78 is 0. The molecular formula is C5H5N4NaO. The molecule has 5 nitrogen and oxygen atoms in total. The molecule has 2 aromatic heterocycles. The van der Waals surface area contributed by atoms with Crippen molar-refractivity contribution in [2.45, 2.75) is 0 Å². The standard InChI is InChI=1S/C5H4N4O.Na.H/c10-5-3-1-8-9-4(3)6-2-7-5;;/h1-2H,(H2,6,7,8,9,10);;/q;+1;-1. The van der Waals surface area contributed by atoms with Gasteiger partial charge in [0.15, 0.2) is 5.65 Å². The second kappa shape index (κ2) is 3.17. The summed E-state index contributed by atoms with van der Waals surface area (Å²) in [7, 11) is 0. The smallest absolute Gasteiger partial charge is 1.00 e. The summed E-state index contributed by atoms with van der Waals surface area (Å²) in [6.07, 6.45) is 2.78. The molecule has 0 saturated heterocycles. The summed E-state index contributed by atoms with van der Waals surface area (Å²) in [6.45, 7) is 0. The number of rotatable bonds is 0. The monoisotopic (exact) mass is 160 g/mol. The summed E-state index contributed by atoms with van der Waals surface area (Å²) in [5.74, 6) is 0. The molecule has 2 aromatic rings. The summed E-state index contributed by atoms with van der Waals surface area (Å²) in [5, 5.41) is 6.72. The van der Waals surface area contributed by atoms with Gasteiger partial charge in [-0.25, -0.2) is 4.98 Å². The van der Waals surface area contributed by atoms with Crippen LogP contribution in [0.4, 0.5) is 0 Å². The van der Waals surface area contributed by atoms with Gasteiger partial charge in [-0.3, -0.25) is 9.89 Å². The average Bonchev–Trinajstić information content (AvgIpc) is 2.36. The fourth-order valence-corrected chi connectivity index (χ4v) is 0.777. The molecule has 0 amide bonds. The van der Waals surface area contributed by atoms with Gasteiger partial charge in [0.25, 0.3) is 5.56 Å². The fraction of sp³-hybridized carbons (Fsp3) is 0. The van der Waals surface area contributed by atoms with E-state index in [4.69, 9.17) is 0 Å². The van der Waals surface area contributed by atoms with E-state index in [1.54, 1.807) is 0 Å². The average molecular weight is 160 g/mol. The van der Waals surface area contributed by atoms with E-state index in [2.05, 4.69) is 20.2 Å². The van der Waals surface area contributed by atoms with Gasteiger partial charge in [-0.1, -0.05) is 0 Å². The van der Waals surface area contributed by atoms with Crippen LogP contribution < -0.4 is 35.1 Å². The molecule has 0 aliphatic rings. The number of aromatic nitrogens is 4. The first-order chi connectivity index (χ1) is 4.88. The quantitative estimate of drug-likeness (QED) is 0.398. The van der Waals surface area contributed by atoms with Gasteiger partial charge in [-0.2, -0.15) is 5.10 Å². The van der Waals surface area contributed by atoms with Crippen LogP contribution in [0.25, 0.3) is 11.0 Å². The van der Waals surface area contributed by atoms with E-state index in [9.17, 15) is 4.79 Å². The second-order valence-electron chi connectivity index (χ2n) is 1.86. The van der Waals surface area contributed by atoms with Gasteiger partial charge in [0.2, 0.25) is 0 Å². The molecule has 0 spiro atoms. The first-order valence-corrected chi connectivity index (χ1v) is 2.75. The molecule has 0 aromatic carbocycles. The Kier molecular flexibility index (Phi) is 2.43. The number of fused-ring (bicyclic) bond motifs is 1. The van der Waals surface area contributed by atoms with Crippen LogP contribution >= 0.6 is 0 Å². The van der Waals surface area contributed by atoms with Crippen LogP contribution in [0, 0.1) is 0 Å². The van der Waals surface area contributed by atoms with Gasteiger partial charge in [-0.15, -0.1) is 0 Å². The molecule has 52 valence electrons. The number of nitrogens with zero attached hydrogens (tertiary/aromatic N) is 2. The molecule has 0 aliphatic heterocycles. The van der Waals surface area contributed by atoms with Crippen molar-refractivity contribution in [3.8, 4) is 0 Å². The van der Waals surface area contributed by atoms with Crippen LogP contribution in [0.1, 0.15) is 1.43 Å². The van der Waals surface area contributed by atoms with E-state index in [1.165, 1.54) is 12.5 Å². The zero-order chi connectivity index (χ0) is 6.97. The van der Waals surface area contributed by atoms with Crippen molar-refractivity contribution in [1.82, 2.24) is 20.2 Å². The van der Waals surface area contributed by atoms with Crippen molar-refractivity contribution in [3.05, 3.63) is 22.9 Å². The van der Waals surface area contributed by atoms with E-state index < -0.39 is 0 Å². The van der Waals surface area contributed by atoms with E-state index in [-0.39, 0.29) is 36.5 Å². The number of hydrogen-bond acceptors (Lipinski definition) is 3. The number of aromatic amines is 2.